The van der Waals surface area contributed by atoms with Crippen molar-refractivity contribution >= 4 is 45.3 Å². The Hall–Kier alpha value is -5.26. The number of hydrogen-bond donors (Lipinski definition) is 2. The van der Waals surface area contributed by atoms with Crippen molar-refractivity contribution in [3.05, 3.63) is 35.4 Å². The Morgan fingerprint density at radius 2 is 0.917 bits per heavy atom. The van der Waals surface area contributed by atoms with E-state index in [1.54, 1.807) is 14.2 Å². The van der Waals surface area contributed by atoms with Gasteiger partial charge in [-0.3, -0.25) is 9.80 Å². The molecular formula is C56H78F2N12O2. The number of rotatable bonds is 14. The molecule has 2 N–H and O–H groups in total. The molecule has 2 atom stereocenters. The van der Waals surface area contributed by atoms with Crippen LogP contribution in [0, 0.1) is 23.7 Å². The fourth-order valence-electron chi connectivity index (χ4n) is 11.1. The average molecular weight is 989 g/mol. The van der Waals surface area contributed by atoms with E-state index in [9.17, 15) is 8.78 Å². The Kier molecular flexibility index (Phi) is 18.0. The molecule has 8 heterocycles. The van der Waals surface area contributed by atoms with E-state index in [4.69, 9.17) is 29.4 Å². The molecule has 6 aliphatic rings. The van der Waals surface area contributed by atoms with Crippen molar-refractivity contribution in [2.24, 2.45) is 0 Å². The third kappa shape index (κ3) is 13.3. The molecule has 2 aromatic carbocycles. The Balaban J connectivity index is 0.000000178. The van der Waals surface area contributed by atoms with Crippen LogP contribution in [-0.2, 0) is 0 Å². The first kappa shape index (κ1) is 51.6. The second-order valence-electron chi connectivity index (χ2n) is 20.5. The van der Waals surface area contributed by atoms with E-state index >= 15 is 0 Å². The van der Waals surface area contributed by atoms with Gasteiger partial charge in [0.1, 0.15) is 35.5 Å². The largest absolute Gasteiger partial charge is 0.495 e. The lowest BCUT2D eigenvalue weighted by Crippen LogP contribution is -2.39. The number of aromatic nitrogens is 4. The highest BCUT2D eigenvalue weighted by Gasteiger charge is 2.26. The first-order chi connectivity index (χ1) is 35.2. The van der Waals surface area contributed by atoms with Gasteiger partial charge in [0.25, 0.3) is 0 Å². The van der Waals surface area contributed by atoms with Crippen molar-refractivity contribution in [2.45, 2.75) is 115 Å². The second kappa shape index (κ2) is 25.1. The van der Waals surface area contributed by atoms with Gasteiger partial charge in [-0.15, -0.1) is 0 Å². The van der Waals surface area contributed by atoms with Crippen LogP contribution in [-0.4, -0.2) is 183 Å². The Labute approximate surface area is 427 Å². The summed E-state index contributed by atoms with van der Waals surface area (Å²) in [6.07, 6.45) is 10.5. The molecule has 0 aliphatic carbocycles. The van der Waals surface area contributed by atoms with Gasteiger partial charge < -0.3 is 39.7 Å². The molecule has 2 aromatic heterocycles. The smallest absolute Gasteiger partial charge is 0.227 e. The quantitative estimate of drug-likeness (QED) is 0.120. The van der Waals surface area contributed by atoms with Gasteiger partial charge >= 0.3 is 0 Å². The maximum atomic E-state index is 13.4. The number of nitrogens with zero attached hydrogens (tertiary/aromatic N) is 10. The predicted octanol–water partition coefficient (Wildman–Crippen LogP) is 7.84. The number of halogens is 2. The van der Waals surface area contributed by atoms with Crippen molar-refractivity contribution < 1.29 is 18.3 Å². The molecule has 388 valence electrons. The van der Waals surface area contributed by atoms with Crippen molar-refractivity contribution in [3.63, 3.8) is 0 Å². The minimum atomic E-state index is -0.690. The summed E-state index contributed by atoms with van der Waals surface area (Å²) in [5.41, 5.74) is 3.46. The summed E-state index contributed by atoms with van der Waals surface area (Å²) in [6.45, 7) is 19.4. The number of likely N-dealkylation sites (tertiary alicyclic amines) is 4. The highest BCUT2D eigenvalue weighted by molar-refractivity contribution is 5.94. The minimum Gasteiger partial charge on any atom is -0.495 e. The van der Waals surface area contributed by atoms with Crippen LogP contribution in [0.4, 0.5) is 32.3 Å². The summed E-state index contributed by atoms with van der Waals surface area (Å²) in [7, 11) is 3.37. The predicted molar refractivity (Wildman–Crippen MR) is 287 cm³/mol. The number of fused-ring (bicyclic) bond motifs is 2. The highest BCUT2D eigenvalue weighted by Crippen LogP contribution is 2.34. The van der Waals surface area contributed by atoms with Crippen LogP contribution in [0.5, 0.6) is 11.5 Å². The maximum Gasteiger partial charge on any atom is 0.227 e. The molecule has 0 radical (unpaired) electrons. The van der Waals surface area contributed by atoms with E-state index in [1.807, 2.05) is 24.3 Å². The van der Waals surface area contributed by atoms with Crippen molar-refractivity contribution in [1.29, 1.82) is 0 Å². The molecule has 6 aliphatic heterocycles. The van der Waals surface area contributed by atoms with Gasteiger partial charge in [-0.05, 0) is 102 Å². The molecule has 0 saturated carbocycles. The lowest BCUT2D eigenvalue weighted by atomic mass is 10.0. The van der Waals surface area contributed by atoms with E-state index in [0.717, 1.165) is 185 Å². The fourth-order valence-corrected chi connectivity index (χ4v) is 11.1. The zero-order chi connectivity index (χ0) is 49.8. The fraction of sp³-hybridized carbons (Fsp3) is 0.643. The normalized spacial score (nSPS) is 21.6. The molecule has 10 rings (SSSR count). The monoisotopic (exact) mass is 989 g/mol. The number of anilines is 4. The Morgan fingerprint density at radius 1 is 0.528 bits per heavy atom. The molecule has 72 heavy (non-hydrogen) atoms. The zero-order valence-corrected chi connectivity index (χ0v) is 43.5. The summed E-state index contributed by atoms with van der Waals surface area (Å²) in [5, 5.41) is 9.47. The molecule has 6 fully saturated rings. The molecule has 0 unspecified atom stereocenters. The first-order valence-electron chi connectivity index (χ1n) is 27.2. The van der Waals surface area contributed by atoms with Crippen molar-refractivity contribution in [2.75, 3.05) is 139 Å². The number of alkyl halides is 2. The van der Waals surface area contributed by atoms with Gasteiger partial charge in [0.2, 0.25) is 11.9 Å². The molecule has 0 bridgehead atoms. The van der Waals surface area contributed by atoms with Crippen molar-refractivity contribution in [1.82, 2.24) is 39.5 Å². The molecule has 4 aromatic rings. The molecular weight excluding hydrogens is 911 g/mol. The SMILES string of the molecule is CCN1CCC(Nc2nc(N3CCCC3)nc3cc(C#CCCN4CC[C@H](F)C4)c(OC)cc23)CC1.CCN1CCC(Nc2nc(N3CCCC3)nc3cc(C#CCCN4CC[C@H](F)C4)c(OC)cc23)CC1. The Morgan fingerprint density at radius 3 is 1.26 bits per heavy atom. The third-order valence-electron chi connectivity index (χ3n) is 15.5. The van der Waals surface area contributed by atoms with E-state index in [1.165, 1.54) is 25.7 Å². The third-order valence-corrected chi connectivity index (χ3v) is 15.5. The van der Waals surface area contributed by atoms with Crippen LogP contribution < -0.4 is 29.9 Å². The lowest BCUT2D eigenvalue weighted by molar-refractivity contribution is 0.229. The standard InChI is InChI=1S/2C28H39FN6O/c2*1-3-33-16-10-23(11-17-33)30-27-24-19-26(36-2)21(8-4-5-12-34-15-9-22(29)20-34)18-25(24)31-28(32-27)35-13-6-7-14-35/h2*18-19,22-23H,3,5-7,9-17,20H2,1-2H3,(H,30,31,32)/t2*22-/m00/s1. The minimum absolute atomic E-state index is 0.400. The van der Waals surface area contributed by atoms with Gasteiger partial charge in [0.05, 0.1) is 36.4 Å². The van der Waals surface area contributed by atoms with Crippen molar-refractivity contribution in [3.8, 4) is 35.2 Å². The number of methoxy groups -OCH3 is 2. The van der Waals surface area contributed by atoms with Gasteiger partial charge in [0, 0.05) is 127 Å². The van der Waals surface area contributed by atoms with E-state index in [0.29, 0.717) is 50.9 Å². The maximum absolute atomic E-state index is 13.4. The van der Waals surface area contributed by atoms with Gasteiger partial charge in [0.15, 0.2) is 0 Å². The van der Waals surface area contributed by atoms with E-state index in [2.05, 4.69) is 77.6 Å². The molecule has 16 heteroatoms. The number of ether oxygens (including phenoxy) is 2. The molecule has 0 spiro atoms. The lowest BCUT2D eigenvalue weighted by Gasteiger charge is -2.32. The number of nitrogens with one attached hydrogen (secondary N) is 2. The molecule has 14 nitrogen and oxygen atoms in total. The summed E-state index contributed by atoms with van der Waals surface area (Å²) in [4.78, 5) is 33.8. The van der Waals surface area contributed by atoms with Crippen LogP contribution in [0.25, 0.3) is 21.8 Å². The first-order valence-corrected chi connectivity index (χ1v) is 27.2. The Bertz CT molecular complexity index is 2380. The van der Waals surface area contributed by atoms with Crippen LogP contribution in [0.15, 0.2) is 24.3 Å². The van der Waals surface area contributed by atoms with E-state index < -0.39 is 12.3 Å². The summed E-state index contributed by atoms with van der Waals surface area (Å²) >= 11 is 0. The van der Waals surface area contributed by atoms with Gasteiger partial charge in [-0.1, -0.05) is 37.5 Å². The van der Waals surface area contributed by atoms with Crippen LogP contribution in [0.1, 0.15) is 102 Å². The van der Waals surface area contributed by atoms with E-state index in [-0.39, 0.29) is 0 Å². The van der Waals surface area contributed by atoms with Crippen LogP contribution in [0.3, 0.4) is 0 Å². The number of piperidine rings is 2. The summed E-state index contributed by atoms with van der Waals surface area (Å²) < 4.78 is 38.4. The summed E-state index contributed by atoms with van der Waals surface area (Å²) in [6, 6.07) is 8.95. The highest BCUT2D eigenvalue weighted by atomic mass is 19.1. The van der Waals surface area contributed by atoms with Crippen LogP contribution >= 0.6 is 0 Å². The summed E-state index contributed by atoms with van der Waals surface area (Å²) in [5.74, 6) is 18.0. The second-order valence-corrected chi connectivity index (χ2v) is 20.5. The zero-order valence-electron chi connectivity index (χ0n) is 43.5. The van der Waals surface area contributed by atoms with Gasteiger partial charge in [-0.25, -0.2) is 18.7 Å². The molecule has 0 amide bonds. The molecule has 6 saturated heterocycles. The van der Waals surface area contributed by atoms with Crippen LogP contribution in [0.2, 0.25) is 0 Å². The topological polar surface area (TPSA) is 114 Å². The van der Waals surface area contributed by atoms with Gasteiger partial charge in [-0.2, -0.15) is 9.97 Å². The number of benzene rings is 2. The number of hydrogen-bond acceptors (Lipinski definition) is 14. The average Bonchev–Trinajstić information content (AvgIpc) is 4.27.